The molecular weight excluding hydrogens is 393 g/mol. The summed E-state index contributed by atoms with van der Waals surface area (Å²) in [7, 11) is 1.58. The molecular formula is C17H15ClFN5O2S. The molecule has 1 unspecified atom stereocenters. The van der Waals surface area contributed by atoms with Gasteiger partial charge in [0.2, 0.25) is 11.1 Å². The van der Waals surface area contributed by atoms with Gasteiger partial charge in [-0.3, -0.25) is 4.79 Å². The van der Waals surface area contributed by atoms with Gasteiger partial charge < -0.3 is 10.1 Å². The van der Waals surface area contributed by atoms with Crippen LogP contribution >= 0.6 is 23.4 Å². The van der Waals surface area contributed by atoms with Crippen molar-refractivity contribution in [2.45, 2.75) is 17.3 Å². The van der Waals surface area contributed by atoms with E-state index in [1.165, 1.54) is 28.6 Å². The maximum absolute atomic E-state index is 13.1. The highest BCUT2D eigenvalue weighted by Crippen LogP contribution is 2.27. The van der Waals surface area contributed by atoms with Crippen molar-refractivity contribution in [1.29, 1.82) is 0 Å². The van der Waals surface area contributed by atoms with Gasteiger partial charge in [-0.25, -0.2) is 4.39 Å². The SMILES string of the molecule is COc1ccc(-n2nnnc2SC(C)C(=O)Nc2ccc(F)cc2Cl)cc1. The van der Waals surface area contributed by atoms with Crippen LogP contribution in [0.3, 0.4) is 0 Å². The molecule has 1 heterocycles. The highest BCUT2D eigenvalue weighted by atomic mass is 35.5. The zero-order valence-corrected chi connectivity index (χ0v) is 16.0. The second-order valence-corrected chi connectivity index (χ2v) is 7.16. The van der Waals surface area contributed by atoms with Crippen LogP contribution in [0.1, 0.15) is 6.92 Å². The number of anilines is 1. The van der Waals surface area contributed by atoms with E-state index in [1.54, 1.807) is 26.2 Å². The average molecular weight is 408 g/mol. The molecule has 0 aliphatic heterocycles. The molecule has 0 fully saturated rings. The summed E-state index contributed by atoms with van der Waals surface area (Å²) in [5.74, 6) is -0.0678. The summed E-state index contributed by atoms with van der Waals surface area (Å²) in [5.41, 5.74) is 1.07. The van der Waals surface area contributed by atoms with Crippen molar-refractivity contribution < 1.29 is 13.9 Å². The predicted octanol–water partition coefficient (Wildman–Crippen LogP) is 3.58. The van der Waals surface area contributed by atoms with Gasteiger partial charge in [-0.15, -0.1) is 5.10 Å². The van der Waals surface area contributed by atoms with Crippen LogP contribution < -0.4 is 10.1 Å². The van der Waals surface area contributed by atoms with Crippen molar-refractivity contribution in [2.24, 2.45) is 0 Å². The summed E-state index contributed by atoms with van der Waals surface area (Å²) in [6, 6.07) is 11.0. The van der Waals surface area contributed by atoms with Crippen LogP contribution in [-0.4, -0.2) is 38.5 Å². The van der Waals surface area contributed by atoms with E-state index in [4.69, 9.17) is 16.3 Å². The van der Waals surface area contributed by atoms with E-state index < -0.39 is 11.1 Å². The van der Waals surface area contributed by atoms with E-state index in [-0.39, 0.29) is 10.9 Å². The molecule has 7 nitrogen and oxygen atoms in total. The Morgan fingerprint density at radius 2 is 2.04 bits per heavy atom. The minimum absolute atomic E-state index is 0.128. The number of carbonyl (C=O) groups is 1. The van der Waals surface area contributed by atoms with E-state index in [9.17, 15) is 9.18 Å². The second kappa shape index (κ2) is 8.36. The highest BCUT2D eigenvalue weighted by Gasteiger charge is 2.20. The zero-order chi connectivity index (χ0) is 19.4. The minimum Gasteiger partial charge on any atom is -0.497 e. The quantitative estimate of drug-likeness (QED) is 0.629. The lowest BCUT2D eigenvalue weighted by molar-refractivity contribution is -0.115. The van der Waals surface area contributed by atoms with Crippen LogP contribution in [0.15, 0.2) is 47.6 Å². The number of amides is 1. The lowest BCUT2D eigenvalue weighted by Gasteiger charge is -2.12. The summed E-state index contributed by atoms with van der Waals surface area (Å²) in [4.78, 5) is 12.4. The Balaban J connectivity index is 1.71. The van der Waals surface area contributed by atoms with Crippen molar-refractivity contribution in [3.8, 4) is 11.4 Å². The number of hydrogen-bond acceptors (Lipinski definition) is 6. The number of methoxy groups -OCH3 is 1. The third-order valence-corrected chi connectivity index (χ3v) is 4.94. The molecule has 3 aromatic rings. The van der Waals surface area contributed by atoms with Gasteiger partial charge in [-0.1, -0.05) is 23.4 Å². The lowest BCUT2D eigenvalue weighted by Crippen LogP contribution is -2.23. The van der Waals surface area contributed by atoms with Gasteiger partial charge in [0.1, 0.15) is 11.6 Å². The first-order chi connectivity index (χ1) is 13.0. The molecule has 140 valence electrons. The Labute approximate surface area is 163 Å². The Kier molecular flexibility index (Phi) is 5.92. The first-order valence-electron chi connectivity index (χ1n) is 7.83. The first kappa shape index (κ1) is 19.1. The van der Waals surface area contributed by atoms with Crippen molar-refractivity contribution >= 4 is 35.0 Å². The normalized spacial score (nSPS) is 11.9. The number of carbonyl (C=O) groups excluding carboxylic acids is 1. The number of thioether (sulfide) groups is 1. The number of tetrazole rings is 1. The zero-order valence-electron chi connectivity index (χ0n) is 14.4. The first-order valence-corrected chi connectivity index (χ1v) is 9.09. The van der Waals surface area contributed by atoms with Crippen molar-refractivity contribution in [3.05, 3.63) is 53.3 Å². The molecule has 1 amide bonds. The molecule has 0 aliphatic carbocycles. The number of nitrogens with one attached hydrogen (secondary N) is 1. The maximum Gasteiger partial charge on any atom is 0.237 e. The van der Waals surface area contributed by atoms with Gasteiger partial charge in [-0.05, 0) is 59.8 Å². The third-order valence-electron chi connectivity index (χ3n) is 3.60. The predicted molar refractivity (Wildman–Crippen MR) is 101 cm³/mol. The molecule has 2 aromatic carbocycles. The topological polar surface area (TPSA) is 81.9 Å². The summed E-state index contributed by atoms with van der Waals surface area (Å²) in [5, 5.41) is 14.3. The van der Waals surface area contributed by atoms with Gasteiger partial charge in [0.05, 0.1) is 28.8 Å². The Morgan fingerprint density at radius 3 is 2.70 bits per heavy atom. The van der Waals surface area contributed by atoms with Crippen LogP contribution in [0.2, 0.25) is 5.02 Å². The number of benzene rings is 2. The summed E-state index contributed by atoms with van der Waals surface area (Å²) in [6.45, 7) is 1.71. The smallest absolute Gasteiger partial charge is 0.237 e. The van der Waals surface area contributed by atoms with Crippen LogP contribution in [-0.2, 0) is 4.79 Å². The summed E-state index contributed by atoms with van der Waals surface area (Å²) < 4.78 is 19.8. The van der Waals surface area contributed by atoms with E-state index in [1.807, 2.05) is 12.1 Å². The molecule has 27 heavy (non-hydrogen) atoms. The molecule has 1 atom stereocenters. The number of hydrogen-bond donors (Lipinski definition) is 1. The molecule has 0 bridgehead atoms. The van der Waals surface area contributed by atoms with Crippen molar-refractivity contribution in [1.82, 2.24) is 20.2 Å². The monoisotopic (exact) mass is 407 g/mol. The standard InChI is InChI=1S/C17H15ClFN5O2S/c1-10(16(25)20-15-8-3-11(19)9-14(15)18)27-17-21-22-23-24(17)12-4-6-13(26-2)7-5-12/h3-10H,1-2H3,(H,20,25). The number of aromatic nitrogens is 4. The third kappa shape index (κ3) is 4.55. The Hall–Kier alpha value is -2.65. The molecule has 0 saturated heterocycles. The van der Waals surface area contributed by atoms with Crippen LogP contribution in [0.25, 0.3) is 5.69 Å². The molecule has 1 aromatic heterocycles. The van der Waals surface area contributed by atoms with Gasteiger partial charge in [-0.2, -0.15) is 4.68 Å². The second-order valence-electron chi connectivity index (χ2n) is 5.44. The number of nitrogens with zero attached hydrogens (tertiary/aromatic N) is 4. The fourth-order valence-electron chi connectivity index (χ4n) is 2.17. The Bertz CT molecular complexity index is 951. The van der Waals surface area contributed by atoms with E-state index in [0.29, 0.717) is 16.6 Å². The molecule has 0 radical (unpaired) electrons. The van der Waals surface area contributed by atoms with Crippen molar-refractivity contribution in [3.63, 3.8) is 0 Å². The van der Waals surface area contributed by atoms with E-state index in [2.05, 4.69) is 20.8 Å². The van der Waals surface area contributed by atoms with Gasteiger partial charge >= 0.3 is 0 Å². The number of halogens is 2. The molecule has 0 aliphatic rings. The van der Waals surface area contributed by atoms with Gasteiger partial charge in [0.15, 0.2) is 0 Å². The maximum atomic E-state index is 13.1. The van der Waals surface area contributed by atoms with Crippen LogP contribution in [0.4, 0.5) is 10.1 Å². The minimum atomic E-state index is -0.519. The van der Waals surface area contributed by atoms with E-state index in [0.717, 1.165) is 11.8 Å². The Morgan fingerprint density at radius 1 is 1.30 bits per heavy atom. The van der Waals surface area contributed by atoms with Crippen molar-refractivity contribution in [2.75, 3.05) is 12.4 Å². The molecule has 1 N–H and O–H groups in total. The van der Waals surface area contributed by atoms with Gasteiger partial charge in [0, 0.05) is 0 Å². The molecule has 0 spiro atoms. The van der Waals surface area contributed by atoms with E-state index >= 15 is 0 Å². The highest BCUT2D eigenvalue weighted by molar-refractivity contribution is 8.00. The van der Waals surface area contributed by atoms with Crippen LogP contribution in [0, 0.1) is 5.82 Å². The largest absolute Gasteiger partial charge is 0.497 e. The van der Waals surface area contributed by atoms with Crippen LogP contribution in [0.5, 0.6) is 5.75 Å². The number of rotatable bonds is 6. The summed E-state index contributed by atoms with van der Waals surface area (Å²) >= 11 is 7.13. The molecule has 3 rings (SSSR count). The fourth-order valence-corrected chi connectivity index (χ4v) is 3.20. The lowest BCUT2D eigenvalue weighted by atomic mass is 10.3. The van der Waals surface area contributed by atoms with Gasteiger partial charge in [0.25, 0.3) is 0 Å². The average Bonchev–Trinajstić information content (AvgIpc) is 3.12. The number of ether oxygens (including phenoxy) is 1. The molecule has 0 saturated carbocycles. The fraction of sp³-hybridized carbons (Fsp3) is 0.176. The molecule has 10 heteroatoms. The summed E-state index contributed by atoms with van der Waals surface area (Å²) in [6.07, 6.45) is 0.